The molecule has 0 N–H and O–H groups in total. The number of benzene rings is 1. The van der Waals surface area contributed by atoms with Crippen LogP contribution >= 0.6 is 0 Å². The first kappa shape index (κ1) is 11.0. The summed E-state index contributed by atoms with van der Waals surface area (Å²) in [5, 5.41) is 0. The summed E-state index contributed by atoms with van der Waals surface area (Å²) in [7, 11) is 0. The summed E-state index contributed by atoms with van der Waals surface area (Å²) in [6.07, 6.45) is 2.77. The summed E-state index contributed by atoms with van der Waals surface area (Å²) in [4.78, 5) is 14.0. The summed E-state index contributed by atoms with van der Waals surface area (Å²) in [5.74, 6) is 1.89. The minimum Gasteiger partial charge on any atom is -0.300 e. The van der Waals surface area contributed by atoms with Gasteiger partial charge >= 0.3 is 0 Å². The molecule has 0 amide bonds. The average Bonchev–Trinajstić information content (AvgIpc) is 2.71. The van der Waals surface area contributed by atoms with E-state index in [0.717, 1.165) is 38.3 Å². The minimum atomic E-state index is 0.479. The van der Waals surface area contributed by atoms with Crippen LogP contribution < -0.4 is 0 Å². The van der Waals surface area contributed by atoms with Crippen molar-refractivity contribution in [3.05, 3.63) is 35.9 Å². The van der Waals surface area contributed by atoms with Crippen LogP contribution in [0.4, 0.5) is 0 Å². The van der Waals surface area contributed by atoms with Crippen molar-refractivity contribution in [3.63, 3.8) is 0 Å². The van der Waals surface area contributed by atoms with E-state index in [-0.39, 0.29) is 0 Å². The Morgan fingerprint density at radius 1 is 1.12 bits per heavy atom. The van der Waals surface area contributed by atoms with Gasteiger partial charge < -0.3 is 0 Å². The van der Waals surface area contributed by atoms with Crippen molar-refractivity contribution in [2.45, 2.75) is 25.8 Å². The van der Waals surface area contributed by atoms with Crippen LogP contribution in [-0.4, -0.2) is 23.8 Å². The second kappa shape index (κ2) is 4.61. The quantitative estimate of drug-likeness (QED) is 0.776. The smallest absolute Gasteiger partial charge is 0.133 e. The zero-order chi connectivity index (χ0) is 11.7. The molecule has 2 atom stereocenters. The Labute approximate surface area is 103 Å². The van der Waals surface area contributed by atoms with E-state index in [4.69, 9.17) is 0 Å². The van der Waals surface area contributed by atoms with Crippen LogP contribution in [0.2, 0.25) is 0 Å². The first-order valence-electron chi connectivity index (χ1n) is 6.59. The van der Waals surface area contributed by atoms with Crippen molar-refractivity contribution in [2.24, 2.45) is 11.8 Å². The SMILES string of the molecule is O=C1CC[C@@H]2CN(Cc3ccccc3)C[C@H]2C1. The highest BCUT2D eigenvalue weighted by atomic mass is 16.1. The highest BCUT2D eigenvalue weighted by molar-refractivity contribution is 5.79. The number of carbonyl (C=O) groups is 1. The van der Waals surface area contributed by atoms with E-state index in [9.17, 15) is 4.79 Å². The lowest BCUT2D eigenvalue weighted by Crippen LogP contribution is -2.23. The molecule has 1 saturated heterocycles. The van der Waals surface area contributed by atoms with E-state index >= 15 is 0 Å². The molecular formula is C15H19NO. The molecule has 1 saturated carbocycles. The lowest BCUT2D eigenvalue weighted by molar-refractivity contribution is -0.122. The predicted molar refractivity (Wildman–Crippen MR) is 67.6 cm³/mol. The Balaban J connectivity index is 1.62. The van der Waals surface area contributed by atoms with Crippen molar-refractivity contribution >= 4 is 5.78 Å². The monoisotopic (exact) mass is 229 g/mol. The number of ketones is 1. The van der Waals surface area contributed by atoms with Crippen LogP contribution in [-0.2, 0) is 11.3 Å². The molecule has 1 aromatic rings. The fourth-order valence-corrected chi connectivity index (χ4v) is 3.31. The van der Waals surface area contributed by atoms with Gasteiger partial charge in [0, 0.05) is 32.5 Å². The number of likely N-dealkylation sites (tertiary alicyclic amines) is 1. The Bertz CT molecular complexity index is 401. The van der Waals surface area contributed by atoms with Crippen molar-refractivity contribution in [2.75, 3.05) is 13.1 Å². The zero-order valence-corrected chi connectivity index (χ0v) is 10.1. The van der Waals surface area contributed by atoms with Crippen molar-refractivity contribution < 1.29 is 4.79 Å². The summed E-state index contributed by atoms with van der Waals surface area (Å²) >= 11 is 0. The Morgan fingerprint density at radius 2 is 1.88 bits per heavy atom. The molecule has 90 valence electrons. The molecule has 2 aliphatic rings. The topological polar surface area (TPSA) is 20.3 Å². The van der Waals surface area contributed by atoms with Crippen molar-refractivity contribution in [1.82, 2.24) is 4.90 Å². The third kappa shape index (κ3) is 2.42. The van der Waals surface area contributed by atoms with Crippen LogP contribution in [0, 0.1) is 11.8 Å². The lowest BCUT2D eigenvalue weighted by Gasteiger charge is -2.22. The van der Waals surface area contributed by atoms with Crippen LogP contribution in [0.5, 0.6) is 0 Å². The molecular weight excluding hydrogens is 210 g/mol. The van der Waals surface area contributed by atoms with E-state index < -0.39 is 0 Å². The molecule has 1 aliphatic carbocycles. The molecule has 1 aromatic carbocycles. The van der Waals surface area contributed by atoms with Crippen molar-refractivity contribution in [1.29, 1.82) is 0 Å². The Kier molecular flexibility index (Phi) is 2.98. The number of carbonyl (C=O) groups excluding carboxylic acids is 1. The molecule has 2 fully saturated rings. The molecule has 0 unspecified atom stereocenters. The first-order chi connectivity index (χ1) is 8.31. The summed E-state index contributed by atoms with van der Waals surface area (Å²) in [6.45, 7) is 3.35. The van der Waals surface area contributed by atoms with E-state index in [1.807, 2.05) is 0 Å². The second-order valence-corrected chi connectivity index (χ2v) is 5.48. The molecule has 0 bridgehead atoms. The second-order valence-electron chi connectivity index (χ2n) is 5.48. The van der Waals surface area contributed by atoms with E-state index in [0.29, 0.717) is 11.7 Å². The molecule has 0 spiro atoms. The molecule has 17 heavy (non-hydrogen) atoms. The molecule has 0 radical (unpaired) electrons. The van der Waals surface area contributed by atoms with Crippen LogP contribution in [0.15, 0.2) is 30.3 Å². The van der Waals surface area contributed by atoms with Gasteiger partial charge in [-0.3, -0.25) is 9.69 Å². The van der Waals surface area contributed by atoms with Gasteiger partial charge in [0.05, 0.1) is 0 Å². The van der Waals surface area contributed by atoms with Gasteiger partial charge in [-0.1, -0.05) is 30.3 Å². The molecule has 3 rings (SSSR count). The number of hydrogen-bond acceptors (Lipinski definition) is 2. The third-order valence-electron chi connectivity index (χ3n) is 4.18. The molecule has 1 aliphatic heterocycles. The average molecular weight is 229 g/mol. The maximum Gasteiger partial charge on any atom is 0.133 e. The van der Waals surface area contributed by atoms with Gasteiger partial charge in [0.25, 0.3) is 0 Å². The highest BCUT2D eigenvalue weighted by Gasteiger charge is 2.36. The minimum absolute atomic E-state index is 0.479. The first-order valence-corrected chi connectivity index (χ1v) is 6.59. The standard InChI is InChI=1S/C15H19NO/c17-15-7-6-13-10-16(11-14(13)8-15)9-12-4-2-1-3-5-12/h1-5,13-14H,6-11H2/t13-,14-/m1/s1. The molecule has 2 nitrogen and oxygen atoms in total. The van der Waals surface area contributed by atoms with Crippen molar-refractivity contribution in [3.8, 4) is 0 Å². The third-order valence-corrected chi connectivity index (χ3v) is 4.18. The van der Waals surface area contributed by atoms with Gasteiger partial charge in [-0.05, 0) is 23.8 Å². The molecule has 0 aromatic heterocycles. The van der Waals surface area contributed by atoms with Crippen LogP contribution in [0.25, 0.3) is 0 Å². The normalized spacial score (nSPS) is 29.3. The van der Waals surface area contributed by atoms with Gasteiger partial charge in [-0.2, -0.15) is 0 Å². The maximum absolute atomic E-state index is 11.5. The summed E-state index contributed by atoms with van der Waals surface area (Å²) in [6, 6.07) is 10.6. The van der Waals surface area contributed by atoms with Crippen LogP contribution in [0.3, 0.4) is 0 Å². The lowest BCUT2D eigenvalue weighted by atomic mass is 9.81. The van der Waals surface area contributed by atoms with E-state index in [1.165, 1.54) is 12.1 Å². The van der Waals surface area contributed by atoms with Gasteiger partial charge in [0.15, 0.2) is 0 Å². The Morgan fingerprint density at radius 3 is 2.71 bits per heavy atom. The molecule has 2 heteroatoms. The molecule has 1 heterocycles. The predicted octanol–water partition coefficient (Wildman–Crippen LogP) is 2.49. The summed E-state index contributed by atoms with van der Waals surface area (Å²) in [5.41, 5.74) is 1.39. The van der Waals surface area contributed by atoms with Gasteiger partial charge in [-0.15, -0.1) is 0 Å². The number of hydrogen-bond donors (Lipinski definition) is 0. The number of fused-ring (bicyclic) bond motifs is 1. The Hall–Kier alpha value is -1.15. The maximum atomic E-state index is 11.5. The van der Waals surface area contributed by atoms with E-state index in [2.05, 4.69) is 35.2 Å². The fourth-order valence-electron chi connectivity index (χ4n) is 3.31. The van der Waals surface area contributed by atoms with Gasteiger partial charge in [0.1, 0.15) is 5.78 Å². The van der Waals surface area contributed by atoms with Crippen LogP contribution in [0.1, 0.15) is 24.8 Å². The largest absolute Gasteiger partial charge is 0.300 e. The number of rotatable bonds is 2. The fraction of sp³-hybridized carbons (Fsp3) is 0.533. The van der Waals surface area contributed by atoms with Gasteiger partial charge in [-0.25, -0.2) is 0 Å². The summed E-state index contributed by atoms with van der Waals surface area (Å²) < 4.78 is 0. The number of nitrogens with zero attached hydrogens (tertiary/aromatic N) is 1. The highest BCUT2D eigenvalue weighted by Crippen LogP contribution is 2.35. The van der Waals surface area contributed by atoms with Gasteiger partial charge in [0.2, 0.25) is 0 Å². The zero-order valence-electron chi connectivity index (χ0n) is 10.1. The number of Topliss-reactive ketones (excluding diaryl/α,β-unsaturated/α-hetero) is 1. The van der Waals surface area contributed by atoms with E-state index in [1.54, 1.807) is 0 Å².